The highest BCUT2D eigenvalue weighted by Gasteiger charge is 2.36. The first kappa shape index (κ1) is 14.7. The summed E-state index contributed by atoms with van der Waals surface area (Å²) in [5.41, 5.74) is -0.165. The van der Waals surface area contributed by atoms with Crippen LogP contribution in [0.3, 0.4) is 0 Å². The van der Waals surface area contributed by atoms with Gasteiger partial charge in [-0.3, -0.25) is 4.79 Å². The number of benzene rings is 1. The van der Waals surface area contributed by atoms with Crippen LogP contribution in [0.1, 0.15) is 23.2 Å². The predicted molar refractivity (Wildman–Crippen MR) is 67.4 cm³/mol. The van der Waals surface area contributed by atoms with E-state index in [1.807, 2.05) is 0 Å². The molecule has 1 amide bonds. The van der Waals surface area contributed by atoms with Crippen molar-refractivity contribution in [2.75, 3.05) is 13.7 Å². The quantitative estimate of drug-likeness (QED) is 0.622. The summed E-state index contributed by atoms with van der Waals surface area (Å²) in [6.45, 7) is 0.341. The summed E-state index contributed by atoms with van der Waals surface area (Å²) in [6, 6.07) is 0.775. The van der Waals surface area contributed by atoms with Crippen molar-refractivity contribution in [1.29, 1.82) is 0 Å². The lowest BCUT2D eigenvalue weighted by Crippen LogP contribution is -2.41. The van der Waals surface area contributed by atoms with E-state index >= 15 is 0 Å². The molecule has 4 nitrogen and oxygen atoms in total. The number of hydrogen-bond acceptors (Lipinski definition) is 3. The Morgan fingerprint density at radius 2 is 2.00 bits per heavy atom. The van der Waals surface area contributed by atoms with Crippen LogP contribution in [0.2, 0.25) is 5.02 Å². The molecule has 1 atom stereocenters. The smallest absolute Gasteiger partial charge is 0.328 e. The maximum Gasteiger partial charge on any atom is 0.328 e. The Labute approximate surface area is 119 Å². The molecule has 0 spiro atoms. The molecule has 1 heterocycles. The third-order valence-electron chi connectivity index (χ3n) is 3.23. The highest BCUT2D eigenvalue weighted by atomic mass is 35.5. The first-order valence-electron chi connectivity index (χ1n) is 5.99. The summed E-state index contributed by atoms with van der Waals surface area (Å²) < 4.78 is 30.9. The van der Waals surface area contributed by atoms with Gasteiger partial charge in [0.2, 0.25) is 0 Å². The normalized spacial score (nSPS) is 18.2. The second-order valence-corrected chi connectivity index (χ2v) is 4.83. The van der Waals surface area contributed by atoms with E-state index in [4.69, 9.17) is 11.6 Å². The minimum atomic E-state index is -1.16. The van der Waals surface area contributed by atoms with Gasteiger partial charge in [0.25, 0.3) is 5.91 Å². The Balaban J connectivity index is 2.31. The average molecular weight is 304 g/mol. The van der Waals surface area contributed by atoms with Gasteiger partial charge in [-0.1, -0.05) is 11.6 Å². The average Bonchev–Trinajstić information content (AvgIpc) is 2.90. The van der Waals surface area contributed by atoms with Crippen molar-refractivity contribution in [3.63, 3.8) is 0 Å². The second-order valence-electron chi connectivity index (χ2n) is 4.43. The molecule has 1 saturated heterocycles. The molecule has 0 bridgehead atoms. The summed E-state index contributed by atoms with van der Waals surface area (Å²) in [4.78, 5) is 25.2. The molecular formula is C13H12ClF2NO3. The Morgan fingerprint density at radius 3 is 2.65 bits per heavy atom. The molecule has 2 rings (SSSR count). The zero-order valence-corrected chi connectivity index (χ0v) is 11.4. The minimum Gasteiger partial charge on any atom is -0.467 e. The molecule has 1 aromatic carbocycles. The number of carbonyl (C=O) groups is 2. The standard InChI is InChI=1S/C13H12ClF2NO3/c1-20-13(19)11-3-2-4-17(11)12(18)7-5-9(15)10(16)6-8(7)14/h5-6,11H,2-4H2,1H3. The highest BCUT2D eigenvalue weighted by Crippen LogP contribution is 2.26. The highest BCUT2D eigenvalue weighted by molar-refractivity contribution is 6.33. The zero-order chi connectivity index (χ0) is 14.9. The number of esters is 1. The Kier molecular flexibility index (Phi) is 4.23. The number of halogens is 3. The largest absolute Gasteiger partial charge is 0.467 e. The van der Waals surface area contributed by atoms with E-state index < -0.39 is 29.6 Å². The summed E-state index contributed by atoms with van der Waals surface area (Å²) in [5.74, 6) is -3.43. The van der Waals surface area contributed by atoms with Crippen molar-refractivity contribution >= 4 is 23.5 Å². The Morgan fingerprint density at radius 1 is 1.35 bits per heavy atom. The van der Waals surface area contributed by atoms with E-state index in [0.717, 1.165) is 12.1 Å². The van der Waals surface area contributed by atoms with Crippen LogP contribution >= 0.6 is 11.6 Å². The van der Waals surface area contributed by atoms with E-state index in [0.29, 0.717) is 19.4 Å². The molecule has 1 aliphatic rings. The number of likely N-dealkylation sites (tertiary alicyclic amines) is 1. The lowest BCUT2D eigenvalue weighted by molar-refractivity contribution is -0.145. The second kappa shape index (κ2) is 5.75. The number of hydrogen-bond donors (Lipinski definition) is 0. The van der Waals surface area contributed by atoms with Crippen molar-refractivity contribution in [3.05, 3.63) is 34.4 Å². The molecule has 0 radical (unpaired) electrons. The fraction of sp³-hybridized carbons (Fsp3) is 0.385. The van der Waals surface area contributed by atoms with Gasteiger partial charge in [-0.05, 0) is 25.0 Å². The molecule has 7 heteroatoms. The van der Waals surface area contributed by atoms with Crippen molar-refractivity contribution in [1.82, 2.24) is 4.90 Å². The van der Waals surface area contributed by atoms with Crippen LogP contribution in [0.15, 0.2) is 12.1 Å². The first-order chi connectivity index (χ1) is 9.45. The van der Waals surface area contributed by atoms with Crippen molar-refractivity contribution in [3.8, 4) is 0 Å². The van der Waals surface area contributed by atoms with E-state index in [2.05, 4.69) is 4.74 Å². The molecule has 108 valence electrons. The fourth-order valence-electron chi connectivity index (χ4n) is 2.23. The number of ether oxygens (including phenoxy) is 1. The summed E-state index contributed by atoms with van der Waals surface area (Å²) >= 11 is 5.77. The number of carbonyl (C=O) groups excluding carboxylic acids is 2. The van der Waals surface area contributed by atoms with Gasteiger partial charge in [0.1, 0.15) is 6.04 Å². The Bertz CT molecular complexity index is 565. The summed E-state index contributed by atoms with van der Waals surface area (Å²) in [7, 11) is 1.23. The third-order valence-corrected chi connectivity index (χ3v) is 3.54. The molecule has 0 aliphatic carbocycles. The van der Waals surface area contributed by atoms with Gasteiger partial charge < -0.3 is 9.64 Å². The maximum atomic E-state index is 13.2. The van der Waals surface area contributed by atoms with Crippen molar-refractivity contribution < 1.29 is 23.1 Å². The molecule has 1 aliphatic heterocycles. The fourth-order valence-corrected chi connectivity index (χ4v) is 2.46. The van der Waals surface area contributed by atoms with E-state index in [-0.39, 0.29) is 10.6 Å². The van der Waals surface area contributed by atoms with Gasteiger partial charge in [-0.2, -0.15) is 0 Å². The van der Waals surface area contributed by atoms with Crippen molar-refractivity contribution in [2.45, 2.75) is 18.9 Å². The third kappa shape index (κ3) is 2.60. The molecule has 1 fully saturated rings. The van der Waals surface area contributed by atoms with Crippen LogP contribution in [0, 0.1) is 11.6 Å². The SMILES string of the molecule is COC(=O)C1CCCN1C(=O)c1cc(F)c(F)cc1Cl. The van der Waals surface area contributed by atoms with Gasteiger partial charge >= 0.3 is 5.97 Å². The van der Waals surface area contributed by atoms with Crippen molar-refractivity contribution in [2.24, 2.45) is 0 Å². The number of amides is 1. The predicted octanol–water partition coefficient (Wildman–Crippen LogP) is 2.40. The van der Waals surface area contributed by atoms with E-state index in [9.17, 15) is 18.4 Å². The Hall–Kier alpha value is -1.69. The number of nitrogens with zero attached hydrogens (tertiary/aromatic N) is 1. The number of rotatable bonds is 2. The lowest BCUT2D eigenvalue weighted by Gasteiger charge is -2.23. The van der Waals surface area contributed by atoms with E-state index in [1.54, 1.807) is 0 Å². The van der Waals surface area contributed by atoms with Crippen LogP contribution in [0.25, 0.3) is 0 Å². The van der Waals surface area contributed by atoms with Gasteiger partial charge in [-0.25, -0.2) is 13.6 Å². The molecule has 0 N–H and O–H groups in total. The van der Waals surface area contributed by atoms with Crippen LogP contribution in [-0.2, 0) is 9.53 Å². The molecular weight excluding hydrogens is 292 g/mol. The van der Waals surface area contributed by atoms with Crippen LogP contribution < -0.4 is 0 Å². The zero-order valence-electron chi connectivity index (χ0n) is 10.7. The van der Waals surface area contributed by atoms with Crippen LogP contribution in [0.5, 0.6) is 0 Å². The lowest BCUT2D eigenvalue weighted by atomic mass is 10.1. The number of methoxy groups -OCH3 is 1. The van der Waals surface area contributed by atoms with Crippen LogP contribution in [0.4, 0.5) is 8.78 Å². The molecule has 0 aromatic heterocycles. The van der Waals surface area contributed by atoms with Gasteiger partial charge in [0, 0.05) is 6.54 Å². The van der Waals surface area contributed by atoms with Gasteiger partial charge in [0.05, 0.1) is 17.7 Å². The molecule has 0 saturated carbocycles. The topological polar surface area (TPSA) is 46.6 Å². The minimum absolute atomic E-state index is 0.165. The van der Waals surface area contributed by atoms with E-state index in [1.165, 1.54) is 12.0 Å². The molecule has 20 heavy (non-hydrogen) atoms. The molecule has 1 aromatic rings. The molecule has 1 unspecified atom stereocenters. The van der Waals surface area contributed by atoms with Gasteiger partial charge in [0.15, 0.2) is 11.6 Å². The monoisotopic (exact) mass is 303 g/mol. The first-order valence-corrected chi connectivity index (χ1v) is 6.37. The van der Waals surface area contributed by atoms with Gasteiger partial charge in [-0.15, -0.1) is 0 Å². The summed E-state index contributed by atoms with van der Waals surface area (Å²) in [6.07, 6.45) is 1.10. The maximum absolute atomic E-state index is 13.2. The summed E-state index contributed by atoms with van der Waals surface area (Å²) in [5, 5.41) is -0.190. The van der Waals surface area contributed by atoms with Crippen LogP contribution in [-0.4, -0.2) is 36.5 Å².